The fraction of sp³-hybridized carbons (Fsp3) is 0.111. The van der Waals surface area contributed by atoms with E-state index in [1.807, 2.05) is 11.3 Å². The minimum absolute atomic E-state index is 0.0181. The summed E-state index contributed by atoms with van der Waals surface area (Å²) in [6.07, 6.45) is 2.23. The van der Waals surface area contributed by atoms with Crippen LogP contribution in [0, 0.1) is 0 Å². The van der Waals surface area contributed by atoms with Crippen LogP contribution in [0.15, 0.2) is 200 Å². The zero-order valence-corrected chi connectivity index (χ0v) is 38.1. The van der Waals surface area contributed by atoms with Gasteiger partial charge in [-0.15, -0.1) is 11.3 Å². The maximum Gasteiger partial charge on any atom is 0.0482 e. The first-order valence-corrected chi connectivity index (χ1v) is 24.2. The highest BCUT2D eigenvalue weighted by molar-refractivity contribution is 7.27. The summed E-state index contributed by atoms with van der Waals surface area (Å²) in [5.74, 6) is 0. The van der Waals surface area contributed by atoms with Gasteiger partial charge in [-0.05, 0) is 152 Å². The number of benzene rings is 10. The molecule has 2 bridgehead atoms. The Morgan fingerprint density at radius 1 is 0.379 bits per heavy atom. The zero-order valence-electron chi connectivity index (χ0n) is 37.3. The molecule has 1 unspecified atom stereocenters. The Kier molecular flexibility index (Phi) is 7.91. The standard InChI is InChI=1S/C63H46N2S/c1-62(2)55-22-11-9-19-47(55)48-29-25-44(37-56(48)62)65(45-26-30-50-49-28-24-39-32-33-63(3,57(49)34-39)58(50)38-45)42-17-13-16-41(35-42)64(40-14-5-4-6-15-40)43-27-31-52-54(36-43)46-18-7-8-20-51(46)60-53-21-10-12-23-59(53)66-61(52)60/h4-31,34-38H,32-33H2,1-3H3. The van der Waals surface area contributed by atoms with Crippen LogP contribution in [0.1, 0.15) is 55.0 Å². The van der Waals surface area contributed by atoms with Crippen LogP contribution >= 0.6 is 11.3 Å². The second kappa shape index (κ2) is 13.8. The van der Waals surface area contributed by atoms with Crippen LogP contribution < -0.4 is 9.80 Å². The number of anilines is 6. The topological polar surface area (TPSA) is 6.48 Å². The molecule has 14 rings (SSSR count). The second-order valence-electron chi connectivity index (χ2n) is 19.4. The quantitative estimate of drug-likeness (QED) is 0.154. The molecule has 1 heterocycles. The molecule has 66 heavy (non-hydrogen) atoms. The Bertz CT molecular complexity index is 3840. The molecule has 0 N–H and O–H groups in total. The van der Waals surface area contributed by atoms with E-state index in [1.54, 1.807) is 0 Å². The van der Waals surface area contributed by atoms with Crippen molar-refractivity contribution >= 4 is 87.2 Å². The SMILES string of the molecule is CC1(C)c2ccccc2-c2ccc(N(c3cccc(N(c4ccccc4)c4ccc5c(c4)c4ccccc4c4c6ccccc6sc54)c3)c3ccc4c(c3)C3(C)CCc5ccc-4c3c5)cc21. The highest BCUT2D eigenvalue weighted by atomic mass is 32.1. The van der Waals surface area contributed by atoms with Crippen molar-refractivity contribution in [2.45, 2.75) is 44.4 Å². The first kappa shape index (κ1) is 37.9. The van der Waals surface area contributed by atoms with Gasteiger partial charge in [-0.2, -0.15) is 0 Å². The van der Waals surface area contributed by atoms with Crippen molar-refractivity contribution in [3.05, 3.63) is 228 Å². The summed E-state index contributed by atoms with van der Waals surface area (Å²) < 4.78 is 2.67. The van der Waals surface area contributed by atoms with E-state index < -0.39 is 0 Å². The minimum atomic E-state index is -0.131. The van der Waals surface area contributed by atoms with Gasteiger partial charge >= 0.3 is 0 Å². The fourth-order valence-corrected chi connectivity index (χ4v) is 13.5. The van der Waals surface area contributed by atoms with Gasteiger partial charge in [0, 0.05) is 70.5 Å². The molecule has 0 saturated carbocycles. The minimum Gasteiger partial charge on any atom is -0.310 e. The number of hydrogen-bond donors (Lipinski definition) is 0. The first-order chi connectivity index (χ1) is 32.3. The van der Waals surface area contributed by atoms with Gasteiger partial charge in [0.05, 0.1) is 0 Å². The van der Waals surface area contributed by atoms with Gasteiger partial charge < -0.3 is 9.80 Å². The number of rotatable bonds is 6. The summed E-state index contributed by atoms with van der Waals surface area (Å²) >= 11 is 1.91. The lowest BCUT2D eigenvalue weighted by Crippen LogP contribution is -2.25. The van der Waals surface area contributed by atoms with Gasteiger partial charge in [0.2, 0.25) is 0 Å². The molecule has 1 atom stereocenters. The number of aryl methyl sites for hydroxylation is 1. The predicted octanol–water partition coefficient (Wildman–Crippen LogP) is 17.8. The van der Waals surface area contributed by atoms with E-state index in [0.29, 0.717) is 0 Å². The molecule has 3 aliphatic carbocycles. The monoisotopic (exact) mass is 862 g/mol. The van der Waals surface area contributed by atoms with Gasteiger partial charge in [-0.1, -0.05) is 148 Å². The van der Waals surface area contributed by atoms with E-state index >= 15 is 0 Å². The van der Waals surface area contributed by atoms with Crippen molar-refractivity contribution in [3.63, 3.8) is 0 Å². The maximum absolute atomic E-state index is 2.51. The fourth-order valence-electron chi connectivity index (χ4n) is 12.2. The molecule has 3 heteroatoms. The number of hydrogen-bond acceptors (Lipinski definition) is 3. The largest absolute Gasteiger partial charge is 0.310 e. The second-order valence-corrected chi connectivity index (χ2v) is 20.5. The molecule has 0 radical (unpaired) electrons. The van der Waals surface area contributed by atoms with Gasteiger partial charge in [0.15, 0.2) is 0 Å². The zero-order chi connectivity index (χ0) is 43.9. The van der Waals surface area contributed by atoms with Crippen LogP contribution in [-0.4, -0.2) is 0 Å². The highest BCUT2D eigenvalue weighted by Gasteiger charge is 2.42. The van der Waals surface area contributed by atoms with Crippen LogP contribution in [-0.2, 0) is 17.3 Å². The van der Waals surface area contributed by atoms with Crippen molar-refractivity contribution in [1.29, 1.82) is 0 Å². The van der Waals surface area contributed by atoms with Gasteiger partial charge in [-0.25, -0.2) is 0 Å². The molecule has 1 aromatic heterocycles. The first-order valence-electron chi connectivity index (χ1n) is 23.4. The molecular weight excluding hydrogens is 817 g/mol. The van der Waals surface area contributed by atoms with E-state index in [2.05, 4.69) is 231 Å². The molecule has 0 amide bonds. The summed E-state index contributed by atoms with van der Waals surface area (Å²) in [5, 5.41) is 7.84. The average molecular weight is 863 g/mol. The van der Waals surface area contributed by atoms with Crippen molar-refractivity contribution in [2.75, 3.05) is 9.80 Å². The third kappa shape index (κ3) is 5.29. The lowest BCUT2D eigenvalue weighted by Gasteiger charge is -2.33. The Morgan fingerprint density at radius 2 is 0.939 bits per heavy atom. The number of thiophene rings is 1. The third-order valence-corrected chi connectivity index (χ3v) is 16.7. The van der Waals surface area contributed by atoms with Crippen molar-refractivity contribution in [2.24, 2.45) is 0 Å². The highest BCUT2D eigenvalue weighted by Crippen LogP contribution is 2.56. The maximum atomic E-state index is 2.51. The molecule has 0 aliphatic heterocycles. The van der Waals surface area contributed by atoms with E-state index in [1.165, 1.54) is 97.5 Å². The van der Waals surface area contributed by atoms with Gasteiger partial charge in [0.25, 0.3) is 0 Å². The third-order valence-electron chi connectivity index (χ3n) is 15.5. The Labute approximate surface area is 389 Å². The Balaban J connectivity index is 0.968. The summed E-state index contributed by atoms with van der Waals surface area (Å²) in [5.41, 5.74) is 19.2. The molecule has 314 valence electrons. The van der Waals surface area contributed by atoms with Crippen LogP contribution in [0.4, 0.5) is 34.1 Å². The van der Waals surface area contributed by atoms with E-state index in [9.17, 15) is 0 Å². The molecule has 0 saturated heterocycles. The molecule has 2 nitrogen and oxygen atoms in total. The summed E-state index contributed by atoms with van der Waals surface area (Å²) in [4.78, 5) is 4.95. The number of nitrogens with zero attached hydrogens (tertiary/aromatic N) is 2. The van der Waals surface area contributed by atoms with E-state index in [0.717, 1.165) is 41.3 Å². The van der Waals surface area contributed by atoms with Crippen molar-refractivity contribution in [3.8, 4) is 22.3 Å². The summed E-state index contributed by atoms with van der Waals surface area (Å²) in [7, 11) is 0. The van der Waals surface area contributed by atoms with Crippen LogP contribution in [0.2, 0.25) is 0 Å². The molecule has 11 aromatic rings. The number of fused-ring (bicyclic) bond motifs is 15. The summed E-state index contributed by atoms with van der Waals surface area (Å²) in [6, 6.07) is 75.6. The van der Waals surface area contributed by atoms with Gasteiger partial charge in [-0.3, -0.25) is 0 Å². The lowest BCUT2D eigenvalue weighted by atomic mass is 9.72. The number of para-hydroxylation sites is 1. The van der Waals surface area contributed by atoms with Crippen LogP contribution in [0.25, 0.3) is 64.0 Å². The van der Waals surface area contributed by atoms with Gasteiger partial charge in [0.1, 0.15) is 0 Å². The molecule has 0 fully saturated rings. The smallest absolute Gasteiger partial charge is 0.0482 e. The lowest BCUT2D eigenvalue weighted by molar-refractivity contribution is 0.517. The molecular formula is C63H46N2S. The average Bonchev–Trinajstić information content (AvgIpc) is 3.96. The van der Waals surface area contributed by atoms with E-state index in [-0.39, 0.29) is 10.8 Å². The molecule has 3 aliphatic rings. The predicted molar refractivity (Wildman–Crippen MR) is 281 cm³/mol. The van der Waals surface area contributed by atoms with E-state index in [4.69, 9.17) is 0 Å². The van der Waals surface area contributed by atoms with Crippen molar-refractivity contribution < 1.29 is 0 Å². The Morgan fingerprint density at radius 3 is 1.74 bits per heavy atom. The molecule has 0 spiro atoms. The Hall–Kier alpha value is -7.46. The van der Waals surface area contributed by atoms with Crippen LogP contribution in [0.3, 0.4) is 0 Å². The summed E-state index contributed by atoms with van der Waals surface area (Å²) in [6.45, 7) is 7.24. The normalized spacial score (nSPS) is 16.2. The van der Waals surface area contributed by atoms with Crippen LogP contribution in [0.5, 0.6) is 0 Å². The molecule has 10 aromatic carbocycles. The van der Waals surface area contributed by atoms with Crippen molar-refractivity contribution in [1.82, 2.24) is 0 Å².